The number of rotatable bonds is 0. The van der Waals surface area contributed by atoms with Gasteiger partial charge in [-0.1, -0.05) is 24.3 Å². The van der Waals surface area contributed by atoms with E-state index in [1.807, 2.05) is 23.2 Å². The summed E-state index contributed by atoms with van der Waals surface area (Å²) in [5.74, 6) is 0.714. The lowest BCUT2D eigenvalue weighted by atomic mass is 9.94. The first kappa shape index (κ1) is 12.7. The molecule has 0 spiro atoms. The van der Waals surface area contributed by atoms with E-state index < -0.39 is 0 Å². The molecule has 1 unspecified atom stereocenters. The van der Waals surface area contributed by atoms with E-state index in [-0.39, 0.29) is 0 Å². The lowest BCUT2D eigenvalue weighted by Gasteiger charge is -2.29. The highest BCUT2D eigenvalue weighted by Gasteiger charge is 2.18. The fourth-order valence-electron chi connectivity index (χ4n) is 2.21. The molecule has 96 valence electrons. The summed E-state index contributed by atoms with van der Waals surface area (Å²) in [4.78, 5) is 0. The predicted molar refractivity (Wildman–Crippen MR) is 70.7 cm³/mol. The number of hydrogen-bond donors (Lipinski definition) is 0. The van der Waals surface area contributed by atoms with E-state index >= 15 is 0 Å². The quantitative estimate of drug-likeness (QED) is 0.639. The molecule has 2 bridgehead atoms. The topological polar surface area (TPSA) is 52.7 Å². The molecule has 0 aliphatic carbocycles. The summed E-state index contributed by atoms with van der Waals surface area (Å²) in [6, 6.07) is 0. The smallest absolute Gasteiger partial charge is 0.0514 e. The third kappa shape index (κ3) is 4.61. The summed E-state index contributed by atoms with van der Waals surface area (Å²) in [7, 11) is 0. The Morgan fingerprint density at radius 3 is 2.94 bits per heavy atom. The summed E-state index contributed by atoms with van der Waals surface area (Å²) in [5, 5.41) is 17.2. The number of allylic oxidation sites excluding steroid dienone is 5. The van der Waals surface area contributed by atoms with E-state index in [0.717, 1.165) is 19.5 Å². The Balaban J connectivity index is 2.00. The van der Waals surface area contributed by atoms with Crippen LogP contribution in [0.3, 0.4) is 0 Å². The third-order valence-electron chi connectivity index (χ3n) is 3.12. The van der Waals surface area contributed by atoms with Crippen molar-refractivity contribution in [2.24, 2.45) is 26.7 Å². The average Bonchev–Trinajstić information content (AvgIpc) is 2.40. The van der Waals surface area contributed by atoms with Crippen molar-refractivity contribution in [2.45, 2.75) is 25.7 Å². The fraction of sp³-hybridized carbons (Fsp3) is 0.538. The minimum absolute atomic E-state index is 0.714. The van der Waals surface area contributed by atoms with Gasteiger partial charge in [-0.2, -0.15) is 0 Å². The predicted octanol–water partition coefficient (Wildman–Crippen LogP) is 3.85. The van der Waals surface area contributed by atoms with Crippen LogP contribution >= 0.6 is 0 Å². The Labute approximate surface area is 108 Å². The molecule has 0 N–H and O–H groups in total. The first-order chi connectivity index (χ1) is 8.95. The molecule has 2 heterocycles. The van der Waals surface area contributed by atoms with Gasteiger partial charge in [0.15, 0.2) is 0 Å². The van der Waals surface area contributed by atoms with Crippen molar-refractivity contribution in [3.8, 4) is 0 Å². The van der Waals surface area contributed by atoms with Gasteiger partial charge in [0.2, 0.25) is 0 Å². The Bertz CT molecular complexity index is 381. The fourth-order valence-corrected chi connectivity index (χ4v) is 2.21. The van der Waals surface area contributed by atoms with Crippen LogP contribution in [0.4, 0.5) is 0 Å². The van der Waals surface area contributed by atoms with Crippen LogP contribution in [0.1, 0.15) is 25.7 Å². The van der Waals surface area contributed by atoms with Crippen molar-refractivity contribution in [2.75, 3.05) is 13.1 Å². The van der Waals surface area contributed by atoms with E-state index in [2.05, 4.69) is 32.9 Å². The van der Waals surface area contributed by atoms with E-state index in [0.29, 0.717) is 5.92 Å². The number of nitrogens with zero attached hydrogens (tertiary/aromatic N) is 5. The van der Waals surface area contributed by atoms with Crippen molar-refractivity contribution in [1.29, 1.82) is 0 Å². The summed E-state index contributed by atoms with van der Waals surface area (Å²) < 4.78 is 0. The Hall–Kier alpha value is -1.78. The van der Waals surface area contributed by atoms with Crippen LogP contribution in [0.5, 0.6) is 0 Å². The molecule has 1 atom stereocenters. The number of fused-ring (bicyclic) bond motifs is 2. The molecule has 0 aromatic heterocycles. The van der Waals surface area contributed by atoms with Crippen molar-refractivity contribution in [3.63, 3.8) is 0 Å². The zero-order chi connectivity index (χ0) is 12.5. The van der Waals surface area contributed by atoms with Crippen LogP contribution in [-0.4, -0.2) is 18.1 Å². The Morgan fingerprint density at radius 2 is 1.94 bits per heavy atom. The van der Waals surface area contributed by atoms with Crippen LogP contribution < -0.4 is 0 Å². The second-order valence-electron chi connectivity index (χ2n) is 4.54. The second kappa shape index (κ2) is 7.53. The average molecular weight is 245 g/mol. The first-order valence-electron chi connectivity index (χ1n) is 6.49. The van der Waals surface area contributed by atoms with Crippen molar-refractivity contribution < 1.29 is 0 Å². The Morgan fingerprint density at radius 1 is 1.00 bits per heavy atom. The molecule has 1 saturated heterocycles. The largest absolute Gasteiger partial charge is 0.277 e. The maximum atomic E-state index is 4.08. The standard InChI is InChI=1S/C13H19N5/c1-2-4-6-10-14-15-16-17-18-11-7-9-13(12-18)8-5-3-1/h1-4,6,10,13H,5,7-9,11-12H2/b3-1-,4-2+,10-6-,15-14-,17-16+. The number of piperidine rings is 1. The van der Waals surface area contributed by atoms with Gasteiger partial charge in [-0.3, -0.25) is 5.01 Å². The minimum Gasteiger partial charge on any atom is -0.277 e. The highest BCUT2D eigenvalue weighted by atomic mass is 15.6. The van der Waals surface area contributed by atoms with Gasteiger partial charge in [0, 0.05) is 13.1 Å². The molecule has 18 heavy (non-hydrogen) atoms. The molecule has 0 aromatic rings. The monoisotopic (exact) mass is 245 g/mol. The molecule has 0 radical (unpaired) electrons. The van der Waals surface area contributed by atoms with E-state index in [4.69, 9.17) is 0 Å². The van der Waals surface area contributed by atoms with Crippen molar-refractivity contribution in [3.05, 3.63) is 36.6 Å². The van der Waals surface area contributed by atoms with Gasteiger partial charge in [-0.15, -0.1) is 5.11 Å². The maximum absolute atomic E-state index is 4.08. The minimum atomic E-state index is 0.714. The van der Waals surface area contributed by atoms with Crippen LogP contribution in [0.15, 0.2) is 57.4 Å². The maximum Gasteiger partial charge on any atom is 0.0514 e. The van der Waals surface area contributed by atoms with Crippen molar-refractivity contribution in [1.82, 2.24) is 5.01 Å². The normalized spacial score (nSPS) is 33.8. The molecule has 5 nitrogen and oxygen atoms in total. The van der Waals surface area contributed by atoms with Gasteiger partial charge in [-0.25, -0.2) is 0 Å². The van der Waals surface area contributed by atoms with Crippen molar-refractivity contribution >= 4 is 0 Å². The molecule has 0 saturated carbocycles. The molecular formula is C13H19N5. The van der Waals surface area contributed by atoms with Crippen LogP contribution in [-0.2, 0) is 0 Å². The second-order valence-corrected chi connectivity index (χ2v) is 4.54. The van der Waals surface area contributed by atoms with Crippen LogP contribution in [0.2, 0.25) is 0 Å². The molecular weight excluding hydrogens is 226 g/mol. The molecule has 5 heteroatoms. The van der Waals surface area contributed by atoms with Gasteiger partial charge in [0.25, 0.3) is 0 Å². The van der Waals surface area contributed by atoms with Gasteiger partial charge in [0.05, 0.1) is 6.20 Å². The summed E-state index contributed by atoms with van der Waals surface area (Å²) in [6.07, 6.45) is 16.5. The molecule has 2 rings (SSSR count). The lowest BCUT2D eigenvalue weighted by molar-refractivity contribution is 0.162. The third-order valence-corrected chi connectivity index (χ3v) is 3.12. The van der Waals surface area contributed by atoms with E-state index in [1.165, 1.54) is 19.3 Å². The zero-order valence-electron chi connectivity index (χ0n) is 10.5. The SMILES string of the molecule is C1=C\CCC2CCCN(C2)/N=N/N=N\C=C/C=C/1. The van der Waals surface area contributed by atoms with Gasteiger partial charge >= 0.3 is 0 Å². The van der Waals surface area contributed by atoms with Gasteiger partial charge in [0.1, 0.15) is 0 Å². The van der Waals surface area contributed by atoms with Gasteiger partial charge < -0.3 is 0 Å². The first-order valence-corrected chi connectivity index (χ1v) is 6.49. The Kier molecular flexibility index (Phi) is 5.30. The summed E-state index contributed by atoms with van der Waals surface area (Å²) in [6.45, 7) is 1.96. The molecule has 2 aliphatic heterocycles. The van der Waals surface area contributed by atoms with E-state index in [9.17, 15) is 0 Å². The highest BCUT2D eigenvalue weighted by Crippen LogP contribution is 2.21. The lowest BCUT2D eigenvalue weighted by Crippen LogP contribution is -2.31. The molecule has 0 aromatic carbocycles. The van der Waals surface area contributed by atoms with Crippen LogP contribution in [0.25, 0.3) is 0 Å². The molecule has 0 amide bonds. The van der Waals surface area contributed by atoms with Crippen LogP contribution in [0, 0.1) is 5.92 Å². The number of hydrogen-bond acceptors (Lipinski definition) is 5. The van der Waals surface area contributed by atoms with Gasteiger partial charge in [-0.05, 0) is 53.3 Å². The summed E-state index contributed by atoms with van der Waals surface area (Å²) in [5.41, 5.74) is 0. The molecule has 2 aliphatic rings. The molecule has 1 fully saturated rings. The zero-order valence-corrected chi connectivity index (χ0v) is 10.5. The summed E-state index contributed by atoms with van der Waals surface area (Å²) >= 11 is 0. The highest BCUT2D eigenvalue weighted by molar-refractivity contribution is 5.10. The van der Waals surface area contributed by atoms with E-state index in [1.54, 1.807) is 6.20 Å².